The lowest BCUT2D eigenvalue weighted by molar-refractivity contribution is -0.133. The molecule has 1 aromatic carbocycles. The van der Waals surface area contributed by atoms with E-state index in [1.54, 1.807) is 0 Å². The fourth-order valence-electron chi connectivity index (χ4n) is 2.08. The van der Waals surface area contributed by atoms with Crippen LogP contribution in [0.2, 0.25) is 0 Å². The van der Waals surface area contributed by atoms with Crippen molar-refractivity contribution in [3.63, 3.8) is 0 Å². The molecule has 0 unspecified atom stereocenters. The van der Waals surface area contributed by atoms with E-state index in [0.717, 1.165) is 12.8 Å². The minimum atomic E-state index is -0.430. The molecule has 0 radical (unpaired) electrons. The van der Waals surface area contributed by atoms with Crippen LogP contribution in [0.25, 0.3) is 0 Å². The van der Waals surface area contributed by atoms with Crippen molar-refractivity contribution in [3.05, 3.63) is 35.9 Å². The maximum Gasteiger partial charge on any atom is 0.224 e. The first-order valence-electron chi connectivity index (χ1n) is 6.58. The second kappa shape index (κ2) is 5.11. The van der Waals surface area contributed by atoms with E-state index >= 15 is 0 Å². The van der Waals surface area contributed by atoms with Crippen molar-refractivity contribution < 1.29 is 4.79 Å². The van der Waals surface area contributed by atoms with Crippen molar-refractivity contribution in [2.45, 2.75) is 51.2 Å². The Kier molecular flexibility index (Phi) is 3.71. The van der Waals surface area contributed by atoms with E-state index < -0.39 is 5.54 Å². The minimum Gasteiger partial charge on any atom is -0.335 e. The van der Waals surface area contributed by atoms with Gasteiger partial charge in [0.05, 0.1) is 0 Å². The standard InChI is InChI=1S/C15H22N2O/c1-15(2,16)10-14(18)17(13-8-9-13)11-12-6-4-3-5-7-12/h3-7,13H,8-11,16H2,1-2H3. The molecule has 1 aliphatic carbocycles. The number of hydrogen-bond acceptors (Lipinski definition) is 2. The summed E-state index contributed by atoms with van der Waals surface area (Å²) in [5.41, 5.74) is 6.70. The van der Waals surface area contributed by atoms with E-state index in [4.69, 9.17) is 5.73 Å². The molecule has 18 heavy (non-hydrogen) atoms. The van der Waals surface area contributed by atoms with Gasteiger partial charge in [0.2, 0.25) is 5.91 Å². The number of amides is 1. The molecule has 98 valence electrons. The largest absolute Gasteiger partial charge is 0.335 e. The number of carbonyl (C=O) groups excluding carboxylic acids is 1. The normalized spacial score (nSPS) is 15.5. The summed E-state index contributed by atoms with van der Waals surface area (Å²) in [5.74, 6) is 0.175. The predicted octanol–water partition coefficient (Wildman–Crippen LogP) is 2.30. The Morgan fingerprint density at radius 1 is 1.33 bits per heavy atom. The van der Waals surface area contributed by atoms with Crippen LogP contribution >= 0.6 is 0 Å². The van der Waals surface area contributed by atoms with E-state index in [-0.39, 0.29) is 5.91 Å². The van der Waals surface area contributed by atoms with Crippen molar-refractivity contribution >= 4 is 5.91 Å². The summed E-state index contributed by atoms with van der Waals surface area (Å²) in [5, 5.41) is 0. The molecule has 2 N–H and O–H groups in total. The van der Waals surface area contributed by atoms with Crippen LogP contribution in [0, 0.1) is 0 Å². The molecule has 0 spiro atoms. The quantitative estimate of drug-likeness (QED) is 0.866. The smallest absolute Gasteiger partial charge is 0.224 e. The summed E-state index contributed by atoms with van der Waals surface area (Å²) in [4.78, 5) is 14.3. The molecule has 3 heteroatoms. The highest BCUT2D eigenvalue weighted by Gasteiger charge is 2.33. The Morgan fingerprint density at radius 2 is 1.94 bits per heavy atom. The third-order valence-corrected chi connectivity index (χ3v) is 3.11. The zero-order chi connectivity index (χ0) is 13.2. The summed E-state index contributed by atoms with van der Waals surface area (Å²) < 4.78 is 0. The Labute approximate surface area is 109 Å². The highest BCUT2D eigenvalue weighted by molar-refractivity contribution is 5.78. The fraction of sp³-hybridized carbons (Fsp3) is 0.533. The molecular formula is C15H22N2O. The molecule has 0 aromatic heterocycles. The zero-order valence-corrected chi connectivity index (χ0v) is 11.2. The Hall–Kier alpha value is -1.35. The van der Waals surface area contributed by atoms with Gasteiger partial charge >= 0.3 is 0 Å². The number of carbonyl (C=O) groups is 1. The van der Waals surface area contributed by atoms with E-state index in [9.17, 15) is 4.79 Å². The van der Waals surface area contributed by atoms with Gasteiger partial charge in [-0.05, 0) is 32.3 Å². The maximum atomic E-state index is 12.3. The first-order chi connectivity index (χ1) is 8.46. The van der Waals surface area contributed by atoms with Gasteiger partial charge in [-0.2, -0.15) is 0 Å². The molecule has 2 rings (SSSR count). The van der Waals surface area contributed by atoms with Crippen molar-refractivity contribution in [2.24, 2.45) is 5.73 Å². The van der Waals surface area contributed by atoms with Gasteiger partial charge in [0.15, 0.2) is 0 Å². The van der Waals surface area contributed by atoms with Crippen LogP contribution in [0.1, 0.15) is 38.7 Å². The molecular weight excluding hydrogens is 224 g/mol. The average molecular weight is 246 g/mol. The summed E-state index contributed by atoms with van der Waals surface area (Å²) in [7, 11) is 0. The third kappa shape index (κ3) is 3.84. The fourth-order valence-corrected chi connectivity index (χ4v) is 2.08. The Bertz CT molecular complexity index is 404. The maximum absolute atomic E-state index is 12.3. The van der Waals surface area contributed by atoms with Crippen LogP contribution in [-0.4, -0.2) is 22.4 Å². The Balaban J connectivity index is 2.02. The average Bonchev–Trinajstić information content (AvgIpc) is 3.08. The predicted molar refractivity (Wildman–Crippen MR) is 72.9 cm³/mol. The molecule has 1 saturated carbocycles. The number of nitrogens with zero attached hydrogens (tertiary/aromatic N) is 1. The summed E-state index contributed by atoms with van der Waals surface area (Å²) in [6.45, 7) is 4.51. The van der Waals surface area contributed by atoms with E-state index in [2.05, 4.69) is 12.1 Å². The minimum absolute atomic E-state index is 0.175. The van der Waals surface area contributed by atoms with Gasteiger partial charge in [-0.3, -0.25) is 4.79 Å². The highest BCUT2D eigenvalue weighted by Crippen LogP contribution is 2.29. The lowest BCUT2D eigenvalue weighted by atomic mass is 10.0. The van der Waals surface area contributed by atoms with Crippen LogP contribution in [0.15, 0.2) is 30.3 Å². The van der Waals surface area contributed by atoms with Crippen LogP contribution in [0.3, 0.4) is 0 Å². The lowest BCUT2D eigenvalue weighted by Crippen LogP contribution is -2.41. The number of benzene rings is 1. The van der Waals surface area contributed by atoms with E-state index in [1.807, 2.05) is 36.9 Å². The lowest BCUT2D eigenvalue weighted by Gasteiger charge is -2.26. The van der Waals surface area contributed by atoms with Crippen LogP contribution in [0.4, 0.5) is 0 Å². The molecule has 1 aliphatic rings. The summed E-state index contributed by atoms with van der Waals surface area (Å²) in [6, 6.07) is 10.6. The second-order valence-corrected chi connectivity index (χ2v) is 5.90. The molecule has 0 bridgehead atoms. The molecule has 0 atom stereocenters. The number of hydrogen-bond donors (Lipinski definition) is 1. The van der Waals surface area contributed by atoms with Gasteiger partial charge in [-0.25, -0.2) is 0 Å². The van der Waals surface area contributed by atoms with Gasteiger partial charge in [0, 0.05) is 24.5 Å². The Morgan fingerprint density at radius 3 is 2.44 bits per heavy atom. The van der Waals surface area contributed by atoms with Crippen molar-refractivity contribution in [3.8, 4) is 0 Å². The first-order valence-corrected chi connectivity index (χ1v) is 6.58. The van der Waals surface area contributed by atoms with Crippen LogP contribution in [-0.2, 0) is 11.3 Å². The monoisotopic (exact) mass is 246 g/mol. The SMILES string of the molecule is CC(C)(N)CC(=O)N(Cc1ccccc1)C1CC1. The number of rotatable bonds is 5. The summed E-state index contributed by atoms with van der Waals surface area (Å²) in [6.07, 6.45) is 2.67. The summed E-state index contributed by atoms with van der Waals surface area (Å²) >= 11 is 0. The molecule has 0 saturated heterocycles. The topological polar surface area (TPSA) is 46.3 Å². The zero-order valence-electron chi connectivity index (χ0n) is 11.2. The number of nitrogens with two attached hydrogens (primary N) is 1. The van der Waals surface area contributed by atoms with Crippen molar-refractivity contribution in [2.75, 3.05) is 0 Å². The first kappa shape index (κ1) is 13.1. The van der Waals surface area contributed by atoms with Gasteiger partial charge in [-0.15, -0.1) is 0 Å². The van der Waals surface area contributed by atoms with Crippen molar-refractivity contribution in [1.82, 2.24) is 4.90 Å². The van der Waals surface area contributed by atoms with Gasteiger partial charge in [-0.1, -0.05) is 30.3 Å². The molecule has 1 fully saturated rings. The molecule has 1 amide bonds. The van der Waals surface area contributed by atoms with Gasteiger partial charge in [0.25, 0.3) is 0 Å². The van der Waals surface area contributed by atoms with Crippen molar-refractivity contribution in [1.29, 1.82) is 0 Å². The van der Waals surface area contributed by atoms with E-state index in [0.29, 0.717) is 19.0 Å². The van der Waals surface area contributed by atoms with E-state index in [1.165, 1.54) is 5.56 Å². The van der Waals surface area contributed by atoms with Crippen LogP contribution in [0.5, 0.6) is 0 Å². The molecule has 1 aromatic rings. The van der Waals surface area contributed by atoms with Crippen LogP contribution < -0.4 is 5.73 Å². The highest BCUT2D eigenvalue weighted by atomic mass is 16.2. The molecule has 3 nitrogen and oxygen atoms in total. The second-order valence-electron chi connectivity index (χ2n) is 5.90. The molecule has 0 heterocycles. The van der Waals surface area contributed by atoms with Gasteiger partial charge in [0.1, 0.15) is 0 Å². The van der Waals surface area contributed by atoms with Gasteiger partial charge < -0.3 is 10.6 Å². The third-order valence-electron chi connectivity index (χ3n) is 3.11. The molecule has 0 aliphatic heterocycles.